The Kier molecular flexibility index (Phi) is 2.62. The zero-order valence-corrected chi connectivity index (χ0v) is 7.14. The smallest absolute Gasteiger partial charge is 0.152 e. The number of hydrogen-bond acceptors (Lipinski definition) is 3. The van der Waals surface area contributed by atoms with Gasteiger partial charge in [-0.2, -0.15) is 0 Å². The highest BCUT2D eigenvalue weighted by molar-refractivity contribution is 5.86. The molecule has 0 radical (unpaired) electrons. The molecule has 1 N–H and O–H groups in total. The largest absolute Gasteiger partial charge is 0.382 e. The van der Waals surface area contributed by atoms with Gasteiger partial charge in [0.1, 0.15) is 5.54 Å². The molecule has 0 aromatic heterocycles. The summed E-state index contributed by atoms with van der Waals surface area (Å²) in [5.41, 5.74) is -0.366. The van der Waals surface area contributed by atoms with Crippen LogP contribution in [0.25, 0.3) is 0 Å². The number of nitrogens with one attached hydrogen (secondary N) is 1. The van der Waals surface area contributed by atoms with Crippen LogP contribution >= 0.6 is 0 Å². The molecule has 1 heterocycles. The predicted molar refractivity (Wildman–Crippen MR) is 42.5 cm³/mol. The van der Waals surface area contributed by atoms with Crippen LogP contribution in [-0.2, 0) is 9.53 Å². The second kappa shape index (κ2) is 3.32. The Balaban J connectivity index is 2.62. The van der Waals surface area contributed by atoms with E-state index >= 15 is 0 Å². The zero-order chi connectivity index (χ0) is 8.32. The number of carbonyl (C=O) groups is 1. The van der Waals surface area contributed by atoms with Crippen molar-refractivity contribution in [1.82, 2.24) is 5.32 Å². The van der Waals surface area contributed by atoms with E-state index in [-0.39, 0.29) is 11.3 Å². The van der Waals surface area contributed by atoms with Crippen LogP contribution in [0.2, 0.25) is 0 Å². The average Bonchev–Trinajstić information content (AvgIpc) is 2.38. The first-order valence-corrected chi connectivity index (χ1v) is 3.96. The van der Waals surface area contributed by atoms with Crippen molar-refractivity contribution in [3.05, 3.63) is 0 Å². The topological polar surface area (TPSA) is 38.3 Å². The van der Waals surface area contributed by atoms with Gasteiger partial charge in [0.25, 0.3) is 0 Å². The summed E-state index contributed by atoms with van der Waals surface area (Å²) < 4.78 is 5.01. The summed E-state index contributed by atoms with van der Waals surface area (Å²) in [7, 11) is 1.63. The molecule has 0 aliphatic carbocycles. The summed E-state index contributed by atoms with van der Waals surface area (Å²) >= 11 is 0. The van der Waals surface area contributed by atoms with E-state index < -0.39 is 0 Å². The van der Waals surface area contributed by atoms with Crippen molar-refractivity contribution in [2.75, 3.05) is 20.3 Å². The van der Waals surface area contributed by atoms with Crippen LogP contribution in [0.1, 0.15) is 19.8 Å². The second-order valence-corrected chi connectivity index (χ2v) is 3.10. The van der Waals surface area contributed by atoms with Gasteiger partial charge in [-0.1, -0.05) is 0 Å². The van der Waals surface area contributed by atoms with E-state index in [1.54, 1.807) is 14.0 Å². The molecule has 0 aromatic carbocycles. The third-order valence-electron chi connectivity index (χ3n) is 2.31. The number of ketones is 1. The Bertz CT molecular complexity index is 150. The number of ether oxygens (including phenoxy) is 1. The summed E-state index contributed by atoms with van der Waals surface area (Å²) in [6, 6.07) is 0. The Hall–Kier alpha value is -0.410. The second-order valence-electron chi connectivity index (χ2n) is 3.10. The lowest BCUT2D eigenvalue weighted by Gasteiger charge is -2.24. The van der Waals surface area contributed by atoms with Crippen molar-refractivity contribution < 1.29 is 9.53 Å². The van der Waals surface area contributed by atoms with Gasteiger partial charge in [-0.3, -0.25) is 4.79 Å². The van der Waals surface area contributed by atoms with Crippen molar-refractivity contribution >= 4 is 5.78 Å². The Labute approximate surface area is 67.1 Å². The lowest BCUT2D eigenvalue weighted by atomic mass is 9.94. The Morgan fingerprint density at radius 1 is 1.73 bits per heavy atom. The molecule has 0 aromatic rings. The van der Waals surface area contributed by atoms with Crippen molar-refractivity contribution in [3.63, 3.8) is 0 Å². The SMILES string of the molecule is COCC1(C(C)=O)CCCN1. The molecular weight excluding hydrogens is 142 g/mol. The highest BCUT2D eigenvalue weighted by atomic mass is 16.5. The van der Waals surface area contributed by atoms with Crippen LogP contribution in [0.15, 0.2) is 0 Å². The summed E-state index contributed by atoms with van der Waals surface area (Å²) in [6.45, 7) is 3.06. The molecular formula is C8H15NO2. The summed E-state index contributed by atoms with van der Waals surface area (Å²) in [6.07, 6.45) is 1.99. The van der Waals surface area contributed by atoms with Gasteiger partial charge in [0.2, 0.25) is 0 Å². The molecule has 64 valence electrons. The summed E-state index contributed by atoms with van der Waals surface area (Å²) in [4.78, 5) is 11.2. The molecule has 0 saturated carbocycles. The van der Waals surface area contributed by atoms with Crippen LogP contribution in [0.5, 0.6) is 0 Å². The molecule has 0 spiro atoms. The molecule has 1 fully saturated rings. The van der Waals surface area contributed by atoms with Crippen molar-refractivity contribution in [2.45, 2.75) is 25.3 Å². The average molecular weight is 157 g/mol. The molecule has 3 nitrogen and oxygen atoms in total. The molecule has 1 atom stereocenters. The fraction of sp³-hybridized carbons (Fsp3) is 0.875. The van der Waals surface area contributed by atoms with Gasteiger partial charge in [-0.15, -0.1) is 0 Å². The molecule has 3 heteroatoms. The highest BCUT2D eigenvalue weighted by Gasteiger charge is 2.37. The highest BCUT2D eigenvalue weighted by Crippen LogP contribution is 2.20. The van der Waals surface area contributed by atoms with Gasteiger partial charge in [0, 0.05) is 7.11 Å². The third kappa shape index (κ3) is 1.60. The number of Topliss-reactive ketones (excluding diaryl/α,β-unsaturated/α-hetero) is 1. The van der Waals surface area contributed by atoms with E-state index in [9.17, 15) is 4.79 Å². The molecule has 0 bridgehead atoms. The summed E-state index contributed by atoms with van der Waals surface area (Å²) in [5.74, 6) is 0.192. The van der Waals surface area contributed by atoms with Gasteiger partial charge in [0.05, 0.1) is 6.61 Å². The first-order chi connectivity index (χ1) is 5.21. The van der Waals surface area contributed by atoms with E-state index in [1.807, 2.05) is 0 Å². The Morgan fingerprint density at radius 3 is 2.82 bits per heavy atom. The number of carbonyl (C=O) groups excluding carboxylic acids is 1. The van der Waals surface area contributed by atoms with Crippen LogP contribution in [0.3, 0.4) is 0 Å². The minimum atomic E-state index is -0.366. The third-order valence-corrected chi connectivity index (χ3v) is 2.31. The maximum absolute atomic E-state index is 11.2. The normalized spacial score (nSPS) is 30.7. The van der Waals surface area contributed by atoms with Gasteiger partial charge in [0.15, 0.2) is 5.78 Å². The zero-order valence-electron chi connectivity index (χ0n) is 7.14. The fourth-order valence-electron chi connectivity index (χ4n) is 1.58. The standard InChI is InChI=1S/C8H15NO2/c1-7(10)8(6-11-2)4-3-5-9-8/h9H,3-6H2,1-2H3. The number of methoxy groups -OCH3 is 1. The lowest BCUT2D eigenvalue weighted by Crippen LogP contribution is -2.50. The van der Waals surface area contributed by atoms with Gasteiger partial charge < -0.3 is 10.1 Å². The molecule has 0 amide bonds. The van der Waals surface area contributed by atoms with Crippen molar-refractivity contribution in [3.8, 4) is 0 Å². The van der Waals surface area contributed by atoms with Crippen LogP contribution in [-0.4, -0.2) is 31.6 Å². The monoisotopic (exact) mass is 157 g/mol. The maximum Gasteiger partial charge on any atom is 0.152 e. The fourth-order valence-corrected chi connectivity index (χ4v) is 1.58. The first kappa shape index (κ1) is 8.68. The minimum absolute atomic E-state index is 0.192. The summed E-state index contributed by atoms with van der Waals surface area (Å²) in [5, 5.41) is 3.20. The number of rotatable bonds is 3. The van der Waals surface area contributed by atoms with Crippen molar-refractivity contribution in [2.24, 2.45) is 0 Å². The number of hydrogen-bond donors (Lipinski definition) is 1. The quantitative estimate of drug-likeness (QED) is 0.642. The van der Waals surface area contributed by atoms with Gasteiger partial charge in [-0.05, 0) is 26.3 Å². The lowest BCUT2D eigenvalue weighted by molar-refractivity contribution is -0.124. The van der Waals surface area contributed by atoms with Crippen LogP contribution in [0.4, 0.5) is 0 Å². The van der Waals surface area contributed by atoms with Gasteiger partial charge >= 0.3 is 0 Å². The molecule has 1 rings (SSSR count). The van der Waals surface area contributed by atoms with E-state index in [0.717, 1.165) is 19.4 Å². The molecule has 11 heavy (non-hydrogen) atoms. The van der Waals surface area contributed by atoms with Gasteiger partial charge in [-0.25, -0.2) is 0 Å². The van der Waals surface area contributed by atoms with E-state index in [0.29, 0.717) is 6.61 Å². The van der Waals surface area contributed by atoms with E-state index in [4.69, 9.17) is 4.74 Å². The molecule has 1 saturated heterocycles. The predicted octanol–water partition coefficient (Wildman–Crippen LogP) is 0.344. The van der Waals surface area contributed by atoms with Crippen LogP contribution < -0.4 is 5.32 Å². The first-order valence-electron chi connectivity index (χ1n) is 3.96. The van der Waals surface area contributed by atoms with Crippen molar-refractivity contribution in [1.29, 1.82) is 0 Å². The minimum Gasteiger partial charge on any atom is -0.382 e. The molecule has 1 aliphatic rings. The van der Waals surface area contributed by atoms with E-state index in [1.165, 1.54) is 0 Å². The maximum atomic E-state index is 11.2. The van der Waals surface area contributed by atoms with E-state index in [2.05, 4.69) is 5.32 Å². The van der Waals surface area contributed by atoms with Crippen LogP contribution in [0, 0.1) is 0 Å². The molecule has 1 unspecified atom stereocenters. The Morgan fingerprint density at radius 2 is 2.45 bits per heavy atom. The molecule has 1 aliphatic heterocycles.